The molecule has 3 heteroatoms. The van der Waals surface area contributed by atoms with E-state index in [0.29, 0.717) is 18.5 Å². The van der Waals surface area contributed by atoms with Crippen LogP contribution in [0.5, 0.6) is 0 Å². The average Bonchev–Trinajstić information content (AvgIpc) is 2.46. The Bertz CT molecular complexity index is 504. The van der Waals surface area contributed by atoms with E-state index >= 15 is 0 Å². The number of nitrogens with two attached hydrogens (primary N) is 1. The molecule has 1 aliphatic heterocycles. The molecule has 116 valence electrons. The van der Waals surface area contributed by atoms with E-state index < -0.39 is 0 Å². The van der Waals surface area contributed by atoms with Crippen LogP contribution in [-0.2, 0) is 5.41 Å². The van der Waals surface area contributed by atoms with E-state index in [1.54, 1.807) is 0 Å². The summed E-state index contributed by atoms with van der Waals surface area (Å²) in [7, 11) is 0. The Morgan fingerprint density at radius 1 is 1.29 bits per heavy atom. The highest BCUT2D eigenvalue weighted by molar-refractivity contribution is 5.96. The lowest BCUT2D eigenvalue weighted by Crippen LogP contribution is -2.47. The number of hydrogen-bond donors (Lipinski definition) is 1. The van der Waals surface area contributed by atoms with Crippen LogP contribution in [0.15, 0.2) is 24.3 Å². The molecule has 1 heterocycles. The molecule has 0 spiro atoms. The van der Waals surface area contributed by atoms with Gasteiger partial charge in [0.2, 0.25) is 0 Å². The zero-order valence-corrected chi connectivity index (χ0v) is 13.7. The number of likely N-dealkylation sites (tertiary alicyclic amines) is 1. The molecule has 0 saturated carbocycles. The number of hydrogen-bond acceptors (Lipinski definition) is 2. The van der Waals surface area contributed by atoms with E-state index in [-0.39, 0.29) is 11.3 Å². The van der Waals surface area contributed by atoms with E-state index in [4.69, 9.17) is 5.73 Å². The molecule has 21 heavy (non-hydrogen) atoms. The van der Waals surface area contributed by atoms with Crippen molar-refractivity contribution in [2.45, 2.75) is 52.0 Å². The van der Waals surface area contributed by atoms with Crippen molar-refractivity contribution in [1.29, 1.82) is 0 Å². The van der Waals surface area contributed by atoms with Gasteiger partial charge in [-0.05, 0) is 49.3 Å². The minimum atomic E-state index is -0.0292. The van der Waals surface area contributed by atoms with Crippen molar-refractivity contribution >= 4 is 5.91 Å². The molecule has 1 aromatic rings. The predicted octanol–water partition coefficient (Wildman–Crippen LogP) is 3.18. The van der Waals surface area contributed by atoms with Gasteiger partial charge in [0.05, 0.1) is 0 Å². The summed E-state index contributed by atoms with van der Waals surface area (Å²) in [6.07, 6.45) is 2.17. The molecule has 1 saturated heterocycles. The van der Waals surface area contributed by atoms with Crippen LogP contribution in [0, 0.1) is 5.92 Å². The summed E-state index contributed by atoms with van der Waals surface area (Å²) in [5, 5.41) is 0. The van der Waals surface area contributed by atoms with Crippen molar-refractivity contribution in [2.75, 3.05) is 13.1 Å². The fourth-order valence-corrected chi connectivity index (χ4v) is 3.14. The van der Waals surface area contributed by atoms with Crippen LogP contribution in [0.1, 0.15) is 56.5 Å². The van der Waals surface area contributed by atoms with Gasteiger partial charge in [-0.1, -0.05) is 39.0 Å². The Balaban J connectivity index is 2.31. The highest BCUT2D eigenvalue weighted by Gasteiger charge is 2.31. The molecular weight excluding hydrogens is 260 g/mol. The standard InChI is InChI=1S/C18H28N2O/c1-13-9-10-14(11-19)12-20(13)17(21)15-7-5-6-8-16(15)18(2,3)4/h5-8,13-14H,9-12,19H2,1-4H3. The van der Waals surface area contributed by atoms with Crippen LogP contribution in [0.25, 0.3) is 0 Å². The Hall–Kier alpha value is -1.35. The second-order valence-corrected chi connectivity index (χ2v) is 7.28. The quantitative estimate of drug-likeness (QED) is 0.908. The molecular formula is C18H28N2O. The molecule has 1 amide bonds. The zero-order chi connectivity index (χ0) is 15.6. The number of rotatable bonds is 2. The van der Waals surface area contributed by atoms with E-state index in [2.05, 4.69) is 33.8 Å². The van der Waals surface area contributed by atoms with Crippen molar-refractivity contribution in [3.8, 4) is 0 Å². The SMILES string of the molecule is CC1CCC(CN)CN1C(=O)c1ccccc1C(C)(C)C. The van der Waals surface area contributed by atoms with Gasteiger partial charge in [0.1, 0.15) is 0 Å². The first kappa shape index (κ1) is 16.0. The molecule has 1 fully saturated rings. The fourth-order valence-electron chi connectivity index (χ4n) is 3.14. The van der Waals surface area contributed by atoms with E-state index in [0.717, 1.165) is 30.5 Å². The third-order valence-electron chi connectivity index (χ3n) is 4.54. The largest absolute Gasteiger partial charge is 0.336 e. The summed E-state index contributed by atoms with van der Waals surface area (Å²) in [6.45, 7) is 10.1. The van der Waals surface area contributed by atoms with Gasteiger partial charge in [0.15, 0.2) is 0 Å². The normalized spacial score (nSPS) is 23.2. The minimum Gasteiger partial charge on any atom is -0.336 e. The van der Waals surface area contributed by atoms with Crippen LogP contribution in [0.3, 0.4) is 0 Å². The van der Waals surface area contributed by atoms with E-state index in [1.165, 1.54) is 0 Å². The highest BCUT2D eigenvalue weighted by atomic mass is 16.2. The van der Waals surface area contributed by atoms with Crippen molar-refractivity contribution in [3.63, 3.8) is 0 Å². The molecule has 0 radical (unpaired) electrons. The summed E-state index contributed by atoms with van der Waals surface area (Å²) in [4.78, 5) is 15.0. The average molecular weight is 288 g/mol. The highest BCUT2D eigenvalue weighted by Crippen LogP contribution is 2.29. The maximum absolute atomic E-state index is 13.0. The number of amides is 1. The Kier molecular flexibility index (Phi) is 4.72. The zero-order valence-electron chi connectivity index (χ0n) is 13.7. The lowest BCUT2D eigenvalue weighted by molar-refractivity contribution is 0.0564. The number of benzene rings is 1. The molecule has 1 aromatic carbocycles. The number of piperidine rings is 1. The molecule has 0 aliphatic carbocycles. The molecule has 3 nitrogen and oxygen atoms in total. The second-order valence-electron chi connectivity index (χ2n) is 7.28. The van der Waals surface area contributed by atoms with E-state index in [1.807, 2.05) is 23.1 Å². The second kappa shape index (κ2) is 6.18. The maximum atomic E-state index is 13.0. The summed E-state index contributed by atoms with van der Waals surface area (Å²) in [5.41, 5.74) is 7.75. The van der Waals surface area contributed by atoms with Crippen molar-refractivity contribution in [2.24, 2.45) is 11.7 Å². The van der Waals surface area contributed by atoms with Crippen LogP contribution in [0.2, 0.25) is 0 Å². The minimum absolute atomic E-state index is 0.0292. The monoisotopic (exact) mass is 288 g/mol. The first-order chi connectivity index (χ1) is 9.84. The van der Waals surface area contributed by atoms with Gasteiger partial charge < -0.3 is 10.6 Å². The lowest BCUT2D eigenvalue weighted by atomic mass is 9.83. The Labute approximate surface area is 128 Å². The van der Waals surface area contributed by atoms with Crippen LogP contribution in [-0.4, -0.2) is 29.9 Å². The molecule has 0 bridgehead atoms. The number of nitrogens with zero attached hydrogens (tertiary/aromatic N) is 1. The smallest absolute Gasteiger partial charge is 0.254 e. The summed E-state index contributed by atoms with van der Waals surface area (Å²) in [5.74, 6) is 0.595. The molecule has 2 N–H and O–H groups in total. The van der Waals surface area contributed by atoms with E-state index in [9.17, 15) is 4.79 Å². The molecule has 2 unspecified atom stereocenters. The van der Waals surface area contributed by atoms with Crippen molar-refractivity contribution in [1.82, 2.24) is 4.90 Å². The van der Waals surface area contributed by atoms with Crippen LogP contribution < -0.4 is 5.73 Å². The molecule has 2 rings (SSSR count). The lowest BCUT2D eigenvalue weighted by Gasteiger charge is -2.38. The third-order valence-corrected chi connectivity index (χ3v) is 4.54. The van der Waals surface area contributed by atoms with Gasteiger partial charge in [-0.15, -0.1) is 0 Å². The van der Waals surface area contributed by atoms with Gasteiger partial charge in [-0.3, -0.25) is 4.79 Å². The molecule has 0 aromatic heterocycles. The van der Waals surface area contributed by atoms with Gasteiger partial charge in [-0.2, -0.15) is 0 Å². The summed E-state index contributed by atoms with van der Waals surface area (Å²) < 4.78 is 0. The molecule has 1 aliphatic rings. The Morgan fingerprint density at radius 3 is 2.57 bits per heavy atom. The maximum Gasteiger partial charge on any atom is 0.254 e. The van der Waals surface area contributed by atoms with Crippen LogP contribution in [0.4, 0.5) is 0 Å². The van der Waals surface area contributed by atoms with Crippen molar-refractivity contribution < 1.29 is 4.79 Å². The topological polar surface area (TPSA) is 46.3 Å². The van der Waals surface area contributed by atoms with Crippen molar-refractivity contribution in [3.05, 3.63) is 35.4 Å². The fraction of sp³-hybridized carbons (Fsp3) is 0.611. The number of carbonyl (C=O) groups excluding carboxylic acids is 1. The number of carbonyl (C=O) groups is 1. The Morgan fingerprint density at radius 2 is 1.95 bits per heavy atom. The summed E-state index contributed by atoms with van der Waals surface area (Å²) in [6, 6.07) is 8.30. The van der Waals surface area contributed by atoms with Crippen LogP contribution >= 0.6 is 0 Å². The van der Waals surface area contributed by atoms with Gasteiger partial charge in [0, 0.05) is 18.2 Å². The third kappa shape index (κ3) is 3.46. The van der Waals surface area contributed by atoms with Gasteiger partial charge in [0.25, 0.3) is 5.91 Å². The summed E-state index contributed by atoms with van der Waals surface area (Å²) >= 11 is 0. The first-order valence-corrected chi connectivity index (χ1v) is 7.95. The van der Waals surface area contributed by atoms with Gasteiger partial charge in [-0.25, -0.2) is 0 Å². The predicted molar refractivity (Wildman–Crippen MR) is 87.4 cm³/mol. The van der Waals surface area contributed by atoms with Gasteiger partial charge >= 0.3 is 0 Å². The molecule has 2 atom stereocenters. The first-order valence-electron chi connectivity index (χ1n) is 7.95.